The van der Waals surface area contributed by atoms with Crippen LogP contribution in [0.1, 0.15) is 19.8 Å². The molecule has 0 amide bonds. The van der Waals surface area contributed by atoms with Gasteiger partial charge in [0.05, 0.1) is 5.69 Å². The van der Waals surface area contributed by atoms with Crippen LogP contribution in [0.25, 0.3) is 0 Å². The third kappa shape index (κ3) is 3.00. The topological polar surface area (TPSA) is 80.2 Å². The first-order valence-corrected chi connectivity index (χ1v) is 6.17. The van der Waals surface area contributed by atoms with Crippen molar-refractivity contribution in [3.05, 3.63) is 12.1 Å². The first-order valence-electron chi connectivity index (χ1n) is 6.17. The Kier molecular flexibility index (Phi) is 3.68. The SMILES string of the molecule is CC(CNc1ccc(N)c(N)n1)N1CCCC1. The summed E-state index contributed by atoms with van der Waals surface area (Å²) < 4.78 is 0. The number of aromatic nitrogens is 1. The Balaban J connectivity index is 1.86. The van der Waals surface area contributed by atoms with E-state index >= 15 is 0 Å². The minimum absolute atomic E-state index is 0.392. The number of nitrogens with zero attached hydrogens (tertiary/aromatic N) is 2. The molecule has 1 aromatic heterocycles. The Labute approximate surface area is 102 Å². The number of rotatable bonds is 4. The smallest absolute Gasteiger partial charge is 0.149 e. The molecule has 1 atom stereocenters. The Morgan fingerprint density at radius 1 is 1.35 bits per heavy atom. The van der Waals surface area contributed by atoms with Crippen molar-refractivity contribution in [2.75, 3.05) is 36.4 Å². The van der Waals surface area contributed by atoms with Gasteiger partial charge >= 0.3 is 0 Å². The molecule has 1 aliphatic heterocycles. The fourth-order valence-electron chi connectivity index (χ4n) is 2.15. The maximum absolute atomic E-state index is 5.66. The summed E-state index contributed by atoms with van der Waals surface area (Å²) in [5.74, 6) is 1.19. The fraction of sp³-hybridized carbons (Fsp3) is 0.583. The molecule has 1 unspecified atom stereocenters. The quantitative estimate of drug-likeness (QED) is 0.729. The summed E-state index contributed by atoms with van der Waals surface area (Å²) in [4.78, 5) is 6.69. The van der Waals surface area contributed by atoms with Gasteiger partial charge in [-0.1, -0.05) is 0 Å². The average molecular weight is 235 g/mol. The summed E-state index contributed by atoms with van der Waals surface area (Å²) in [5.41, 5.74) is 11.8. The Morgan fingerprint density at radius 2 is 2.06 bits per heavy atom. The van der Waals surface area contributed by atoms with Gasteiger partial charge < -0.3 is 16.8 Å². The van der Waals surface area contributed by atoms with Gasteiger partial charge in [-0.05, 0) is 45.0 Å². The molecule has 0 aromatic carbocycles. The van der Waals surface area contributed by atoms with Crippen LogP contribution in [-0.4, -0.2) is 35.6 Å². The zero-order valence-electron chi connectivity index (χ0n) is 10.3. The number of anilines is 3. The van der Waals surface area contributed by atoms with Crippen LogP contribution in [0.3, 0.4) is 0 Å². The number of nitrogen functional groups attached to an aromatic ring is 2. The van der Waals surface area contributed by atoms with Crippen LogP contribution in [0.2, 0.25) is 0 Å². The van der Waals surface area contributed by atoms with Crippen molar-refractivity contribution in [3.8, 4) is 0 Å². The third-order valence-corrected chi connectivity index (χ3v) is 3.30. The van der Waals surface area contributed by atoms with Crippen LogP contribution in [0, 0.1) is 0 Å². The van der Waals surface area contributed by atoms with E-state index in [9.17, 15) is 0 Å². The number of pyridine rings is 1. The van der Waals surface area contributed by atoms with E-state index < -0.39 is 0 Å². The van der Waals surface area contributed by atoms with Crippen LogP contribution in [0.15, 0.2) is 12.1 Å². The van der Waals surface area contributed by atoms with Crippen LogP contribution >= 0.6 is 0 Å². The standard InChI is InChI=1S/C12H21N5/c1-9(17-6-2-3-7-17)8-15-11-5-4-10(13)12(14)16-11/h4-5,9H,2-3,6-8,13H2,1H3,(H3,14,15,16). The molecule has 17 heavy (non-hydrogen) atoms. The Hall–Kier alpha value is -1.49. The number of hydrogen-bond donors (Lipinski definition) is 3. The Bertz CT molecular complexity index is 373. The van der Waals surface area contributed by atoms with E-state index in [-0.39, 0.29) is 0 Å². The highest BCUT2D eigenvalue weighted by Gasteiger charge is 2.17. The molecule has 2 heterocycles. The summed E-state index contributed by atoms with van der Waals surface area (Å²) in [6.07, 6.45) is 2.63. The first kappa shape index (κ1) is 12.0. The van der Waals surface area contributed by atoms with Gasteiger partial charge in [-0.3, -0.25) is 4.90 Å². The van der Waals surface area contributed by atoms with Crippen LogP contribution in [0.4, 0.5) is 17.3 Å². The summed E-state index contributed by atoms with van der Waals surface area (Å²) in [5, 5.41) is 3.30. The van der Waals surface area contributed by atoms with Gasteiger partial charge in [-0.2, -0.15) is 0 Å². The lowest BCUT2D eigenvalue weighted by Gasteiger charge is -2.24. The van der Waals surface area contributed by atoms with E-state index in [4.69, 9.17) is 11.5 Å². The largest absolute Gasteiger partial charge is 0.396 e. The highest BCUT2D eigenvalue weighted by Crippen LogP contribution is 2.16. The van der Waals surface area contributed by atoms with Crippen LogP contribution in [-0.2, 0) is 0 Å². The molecule has 5 heteroatoms. The van der Waals surface area contributed by atoms with Crippen molar-refractivity contribution in [1.82, 2.24) is 9.88 Å². The normalized spacial score (nSPS) is 18.2. The second-order valence-electron chi connectivity index (χ2n) is 4.64. The van der Waals surface area contributed by atoms with Gasteiger partial charge in [0.15, 0.2) is 0 Å². The third-order valence-electron chi connectivity index (χ3n) is 3.30. The molecule has 94 valence electrons. The maximum atomic E-state index is 5.66. The lowest BCUT2D eigenvalue weighted by molar-refractivity contribution is 0.269. The summed E-state index contributed by atoms with van der Waals surface area (Å²) in [6.45, 7) is 5.54. The number of nitrogens with one attached hydrogen (secondary N) is 1. The molecular weight excluding hydrogens is 214 g/mol. The van der Waals surface area contributed by atoms with Crippen LogP contribution < -0.4 is 16.8 Å². The highest BCUT2D eigenvalue weighted by atomic mass is 15.2. The average Bonchev–Trinajstić information content (AvgIpc) is 2.84. The minimum Gasteiger partial charge on any atom is -0.396 e. The molecule has 1 aromatic rings. The highest BCUT2D eigenvalue weighted by molar-refractivity contribution is 5.61. The molecule has 0 bridgehead atoms. The summed E-state index contributed by atoms with van der Waals surface area (Å²) in [6, 6.07) is 4.17. The summed E-state index contributed by atoms with van der Waals surface area (Å²) in [7, 11) is 0. The number of nitrogens with two attached hydrogens (primary N) is 2. The second kappa shape index (κ2) is 5.23. The Morgan fingerprint density at radius 3 is 2.71 bits per heavy atom. The molecule has 2 rings (SSSR count). The van der Waals surface area contributed by atoms with E-state index in [1.54, 1.807) is 6.07 Å². The van der Waals surface area contributed by atoms with Gasteiger partial charge in [-0.15, -0.1) is 0 Å². The molecular formula is C12H21N5. The fourth-order valence-corrected chi connectivity index (χ4v) is 2.15. The van der Waals surface area contributed by atoms with E-state index in [0.29, 0.717) is 17.5 Å². The van der Waals surface area contributed by atoms with Crippen molar-refractivity contribution in [2.24, 2.45) is 0 Å². The molecule has 1 fully saturated rings. The van der Waals surface area contributed by atoms with Crippen molar-refractivity contribution in [3.63, 3.8) is 0 Å². The zero-order valence-corrected chi connectivity index (χ0v) is 10.3. The predicted molar refractivity (Wildman–Crippen MR) is 71.8 cm³/mol. The summed E-state index contributed by atoms with van der Waals surface area (Å²) >= 11 is 0. The first-order chi connectivity index (χ1) is 8.16. The lowest BCUT2D eigenvalue weighted by Crippen LogP contribution is -2.35. The van der Waals surface area contributed by atoms with E-state index in [1.807, 2.05) is 6.07 Å². The minimum atomic E-state index is 0.392. The maximum Gasteiger partial charge on any atom is 0.149 e. The van der Waals surface area contributed by atoms with E-state index in [2.05, 4.69) is 22.1 Å². The van der Waals surface area contributed by atoms with Crippen molar-refractivity contribution in [1.29, 1.82) is 0 Å². The number of hydrogen-bond acceptors (Lipinski definition) is 5. The van der Waals surface area contributed by atoms with Gasteiger partial charge in [0.1, 0.15) is 11.6 Å². The van der Waals surface area contributed by atoms with Gasteiger partial charge in [-0.25, -0.2) is 4.98 Å². The zero-order chi connectivity index (χ0) is 12.3. The monoisotopic (exact) mass is 235 g/mol. The lowest BCUT2D eigenvalue weighted by atomic mass is 10.3. The molecule has 5 N–H and O–H groups in total. The molecule has 0 radical (unpaired) electrons. The van der Waals surface area contributed by atoms with Crippen molar-refractivity contribution < 1.29 is 0 Å². The van der Waals surface area contributed by atoms with Crippen molar-refractivity contribution >= 4 is 17.3 Å². The molecule has 1 saturated heterocycles. The van der Waals surface area contributed by atoms with Crippen molar-refractivity contribution in [2.45, 2.75) is 25.8 Å². The molecule has 5 nitrogen and oxygen atoms in total. The number of likely N-dealkylation sites (tertiary alicyclic amines) is 1. The van der Waals surface area contributed by atoms with Gasteiger partial charge in [0.2, 0.25) is 0 Å². The van der Waals surface area contributed by atoms with E-state index in [1.165, 1.54) is 25.9 Å². The second-order valence-corrected chi connectivity index (χ2v) is 4.64. The predicted octanol–water partition coefficient (Wildman–Crippen LogP) is 1.14. The molecule has 0 spiro atoms. The van der Waals surface area contributed by atoms with E-state index in [0.717, 1.165) is 12.4 Å². The van der Waals surface area contributed by atoms with Gasteiger partial charge in [0, 0.05) is 12.6 Å². The van der Waals surface area contributed by atoms with Crippen LogP contribution in [0.5, 0.6) is 0 Å². The van der Waals surface area contributed by atoms with Gasteiger partial charge in [0.25, 0.3) is 0 Å². The molecule has 0 aliphatic carbocycles. The molecule has 1 aliphatic rings. The molecule has 0 saturated carbocycles.